The summed E-state index contributed by atoms with van der Waals surface area (Å²) < 4.78 is 0. The summed E-state index contributed by atoms with van der Waals surface area (Å²) in [6, 6.07) is 0. The summed E-state index contributed by atoms with van der Waals surface area (Å²) in [5.41, 5.74) is -0.717. The fraction of sp³-hybridized carbons (Fsp3) is 0.929. The van der Waals surface area contributed by atoms with E-state index in [0.29, 0.717) is 13.0 Å². The minimum atomic E-state index is -0.717. The van der Waals surface area contributed by atoms with Crippen molar-refractivity contribution in [2.24, 2.45) is 5.92 Å². The molecule has 0 radical (unpaired) electrons. The van der Waals surface area contributed by atoms with E-state index in [0.717, 1.165) is 24.5 Å². The van der Waals surface area contributed by atoms with Crippen LogP contribution in [0.3, 0.4) is 0 Å². The number of carboxylic acid groups (broad SMARTS) is 1. The van der Waals surface area contributed by atoms with Crippen molar-refractivity contribution in [2.75, 3.05) is 18.1 Å². The van der Waals surface area contributed by atoms with Gasteiger partial charge in [-0.3, -0.25) is 4.79 Å². The van der Waals surface area contributed by atoms with Crippen molar-refractivity contribution in [3.05, 3.63) is 0 Å². The van der Waals surface area contributed by atoms with Crippen LogP contribution < -0.4 is 5.32 Å². The molecule has 0 aliphatic heterocycles. The van der Waals surface area contributed by atoms with E-state index in [1.807, 2.05) is 25.6 Å². The van der Waals surface area contributed by atoms with Gasteiger partial charge in [0.15, 0.2) is 0 Å². The van der Waals surface area contributed by atoms with E-state index in [4.69, 9.17) is 0 Å². The summed E-state index contributed by atoms with van der Waals surface area (Å²) >= 11 is 1.95. The van der Waals surface area contributed by atoms with Gasteiger partial charge in [-0.05, 0) is 43.2 Å². The Bertz CT molecular complexity index is 236. The molecule has 0 saturated carbocycles. The number of hydrogen-bond donors (Lipinski definition) is 2. The van der Waals surface area contributed by atoms with Gasteiger partial charge in [-0.2, -0.15) is 11.8 Å². The lowest BCUT2D eigenvalue weighted by atomic mass is 9.91. The highest BCUT2D eigenvalue weighted by Crippen LogP contribution is 2.21. The molecule has 0 aliphatic rings. The second-order valence-corrected chi connectivity index (χ2v) is 6.11. The first kappa shape index (κ1) is 17.8. The maximum atomic E-state index is 11.4. The molecule has 2 atom stereocenters. The third-order valence-corrected chi connectivity index (χ3v) is 4.90. The highest BCUT2D eigenvalue weighted by molar-refractivity contribution is 7.99. The molecule has 0 rings (SSSR count). The lowest BCUT2D eigenvalue weighted by Gasteiger charge is -2.29. The standard InChI is InChI=1S/C14H29NO2S/c1-5-12(4)11-18-10-8-9-14(6-2,13(16)17)15-7-3/h12,15H,5-11H2,1-4H3,(H,16,17). The molecule has 18 heavy (non-hydrogen) atoms. The monoisotopic (exact) mass is 275 g/mol. The van der Waals surface area contributed by atoms with Crippen LogP contribution in [0.5, 0.6) is 0 Å². The quantitative estimate of drug-likeness (QED) is 0.568. The number of thioether (sulfide) groups is 1. The van der Waals surface area contributed by atoms with Crippen LogP contribution in [0.25, 0.3) is 0 Å². The van der Waals surface area contributed by atoms with Crippen molar-refractivity contribution < 1.29 is 9.90 Å². The Balaban J connectivity index is 4.01. The highest BCUT2D eigenvalue weighted by Gasteiger charge is 2.34. The molecule has 0 aromatic rings. The van der Waals surface area contributed by atoms with Gasteiger partial charge < -0.3 is 10.4 Å². The molecule has 0 bridgehead atoms. The van der Waals surface area contributed by atoms with Crippen molar-refractivity contribution in [3.63, 3.8) is 0 Å². The maximum Gasteiger partial charge on any atom is 0.323 e. The molecule has 108 valence electrons. The molecule has 0 aliphatic carbocycles. The number of carbonyl (C=O) groups is 1. The minimum absolute atomic E-state index is 0.645. The summed E-state index contributed by atoms with van der Waals surface area (Å²) in [5.74, 6) is 2.30. The van der Waals surface area contributed by atoms with Crippen LogP contribution in [-0.2, 0) is 4.79 Å². The van der Waals surface area contributed by atoms with Gasteiger partial charge in [0.1, 0.15) is 5.54 Å². The van der Waals surface area contributed by atoms with Crippen molar-refractivity contribution in [3.8, 4) is 0 Å². The van der Waals surface area contributed by atoms with Crippen molar-refractivity contribution >= 4 is 17.7 Å². The molecule has 4 heteroatoms. The molecule has 3 nitrogen and oxygen atoms in total. The fourth-order valence-electron chi connectivity index (χ4n) is 1.94. The maximum absolute atomic E-state index is 11.4. The number of aliphatic carboxylic acids is 1. The first-order valence-corrected chi connectivity index (χ1v) is 8.24. The van der Waals surface area contributed by atoms with Gasteiger partial charge in [-0.25, -0.2) is 0 Å². The first-order chi connectivity index (χ1) is 8.52. The van der Waals surface area contributed by atoms with Crippen LogP contribution in [0.15, 0.2) is 0 Å². The van der Waals surface area contributed by atoms with Crippen molar-refractivity contribution in [2.45, 2.75) is 58.9 Å². The van der Waals surface area contributed by atoms with E-state index in [1.54, 1.807) is 0 Å². The number of nitrogens with one attached hydrogen (secondary N) is 1. The van der Waals surface area contributed by atoms with E-state index < -0.39 is 11.5 Å². The lowest BCUT2D eigenvalue weighted by molar-refractivity contribution is -0.145. The van der Waals surface area contributed by atoms with Gasteiger partial charge in [0.25, 0.3) is 0 Å². The van der Waals surface area contributed by atoms with E-state index in [9.17, 15) is 9.90 Å². The summed E-state index contributed by atoms with van der Waals surface area (Å²) in [6.07, 6.45) is 3.55. The zero-order valence-electron chi connectivity index (χ0n) is 12.3. The molecule has 0 aromatic carbocycles. The van der Waals surface area contributed by atoms with Gasteiger partial charge in [-0.1, -0.05) is 34.1 Å². The van der Waals surface area contributed by atoms with E-state index in [-0.39, 0.29) is 0 Å². The van der Waals surface area contributed by atoms with Gasteiger partial charge in [0.2, 0.25) is 0 Å². The predicted octanol–water partition coefficient (Wildman–Crippen LogP) is 3.39. The molecule has 0 amide bonds. The Labute approximate surface area is 116 Å². The van der Waals surface area contributed by atoms with Crippen LogP contribution >= 0.6 is 11.8 Å². The normalized spacial score (nSPS) is 16.2. The Hall–Kier alpha value is -0.220. The summed E-state index contributed by atoms with van der Waals surface area (Å²) in [4.78, 5) is 11.4. The Morgan fingerprint density at radius 3 is 2.50 bits per heavy atom. The number of hydrogen-bond acceptors (Lipinski definition) is 3. The molecule has 2 unspecified atom stereocenters. The predicted molar refractivity (Wildman–Crippen MR) is 80.3 cm³/mol. The molecule has 0 aromatic heterocycles. The minimum Gasteiger partial charge on any atom is -0.480 e. The Morgan fingerprint density at radius 2 is 2.06 bits per heavy atom. The third-order valence-electron chi connectivity index (χ3n) is 3.52. The van der Waals surface area contributed by atoms with E-state index >= 15 is 0 Å². The molecule has 2 N–H and O–H groups in total. The molecular formula is C14H29NO2S. The van der Waals surface area contributed by atoms with Crippen LogP contribution in [0.1, 0.15) is 53.4 Å². The average Bonchev–Trinajstić information content (AvgIpc) is 2.36. The summed E-state index contributed by atoms with van der Waals surface area (Å²) in [5, 5.41) is 12.5. The van der Waals surface area contributed by atoms with E-state index in [2.05, 4.69) is 19.2 Å². The fourth-order valence-corrected chi connectivity index (χ4v) is 3.09. The van der Waals surface area contributed by atoms with E-state index in [1.165, 1.54) is 12.2 Å². The summed E-state index contributed by atoms with van der Waals surface area (Å²) in [6.45, 7) is 9.09. The lowest BCUT2D eigenvalue weighted by Crippen LogP contribution is -2.51. The smallest absolute Gasteiger partial charge is 0.323 e. The molecule has 0 spiro atoms. The first-order valence-electron chi connectivity index (χ1n) is 7.08. The molecular weight excluding hydrogens is 246 g/mol. The topological polar surface area (TPSA) is 49.3 Å². The van der Waals surface area contributed by atoms with Crippen molar-refractivity contribution in [1.29, 1.82) is 0 Å². The van der Waals surface area contributed by atoms with Crippen LogP contribution in [-0.4, -0.2) is 34.7 Å². The largest absolute Gasteiger partial charge is 0.480 e. The number of likely N-dealkylation sites (N-methyl/N-ethyl adjacent to an activating group) is 1. The number of rotatable bonds is 11. The number of carboxylic acids is 1. The van der Waals surface area contributed by atoms with Gasteiger partial charge in [0.05, 0.1) is 0 Å². The molecule has 0 heterocycles. The van der Waals surface area contributed by atoms with Gasteiger partial charge in [0, 0.05) is 0 Å². The Morgan fingerprint density at radius 1 is 1.39 bits per heavy atom. The zero-order chi connectivity index (χ0) is 14.0. The second-order valence-electron chi connectivity index (χ2n) is 4.96. The highest BCUT2D eigenvalue weighted by atomic mass is 32.2. The molecule has 0 fully saturated rings. The van der Waals surface area contributed by atoms with Gasteiger partial charge in [-0.15, -0.1) is 0 Å². The van der Waals surface area contributed by atoms with Crippen LogP contribution in [0, 0.1) is 5.92 Å². The Kier molecular flexibility index (Phi) is 9.56. The third kappa shape index (κ3) is 6.10. The summed E-state index contributed by atoms with van der Waals surface area (Å²) in [7, 11) is 0. The van der Waals surface area contributed by atoms with Crippen molar-refractivity contribution in [1.82, 2.24) is 5.32 Å². The van der Waals surface area contributed by atoms with Crippen LogP contribution in [0.4, 0.5) is 0 Å². The average molecular weight is 275 g/mol. The second kappa shape index (κ2) is 9.68. The molecule has 0 saturated heterocycles. The van der Waals surface area contributed by atoms with Crippen LogP contribution in [0.2, 0.25) is 0 Å². The van der Waals surface area contributed by atoms with Gasteiger partial charge >= 0.3 is 5.97 Å². The zero-order valence-corrected chi connectivity index (χ0v) is 13.1. The SMILES string of the molecule is CCNC(CC)(CCCSCC(C)CC)C(=O)O.